The second-order valence-electron chi connectivity index (χ2n) is 3.63. The first-order chi connectivity index (χ1) is 8.00. The van der Waals surface area contributed by atoms with Crippen LogP contribution in [0.25, 0.3) is 10.8 Å². The van der Waals surface area contributed by atoms with Crippen molar-refractivity contribution in [2.45, 2.75) is 0 Å². The summed E-state index contributed by atoms with van der Waals surface area (Å²) >= 11 is 0. The fourth-order valence-electron chi connectivity index (χ4n) is 1.67. The van der Waals surface area contributed by atoms with Gasteiger partial charge in [0.15, 0.2) is 0 Å². The molecule has 5 nitrogen and oxygen atoms in total. The van der Waals surface area contributed by atoms with E-state index in [4.69, 9.17) is 11.5 Å². The maximum atomic E-state index is 11.0. The number of carbonyl (C=O) groups is 2. The normalized spacial score (nSPS) is 10.4. The Hall–Kier alpha value is -2.56. The first-order valence-corrected chi connectivity index (χ1v) is 4.86. The molecule has 0 bridgehead atoms. The topological polar surface area (TPSA) is 106 Å². The highest BCUT2D eigenvalue weighted by atomic mass is 16.3. The van der Waals surface area contributed by atoms with Crippen LogP contribution in [0, 0.1) is 0 Å². The van der Waals surface area contributed by atoms with E-state index < -0.39 is 11.8 Å². The van der Waals surface area contributed by atoms with Gasteiger partial charge in [-0.25, -0.2) is 0 Å². The van der Waals surface area contributed by atoms with Gasteiger partial charge in [0.1, 0.15) is 5.75 Å². The Kier molecular flexibility index (Phi) is 2.44. The molecule has 5 N–H and O–H groups in total. The van der Waals surface area contributed by atoms with Crippen LogP contribution in [-0.4, -0.2) is 16.9 Å². The Labute approximate surface area is 96.6 Å². The Morgan fingerprint density at radius 2 is 1.71 bits per heavy atom. The second-order valence-corrected chi connectivity index (χ2v) is 3.63. The molecule has 2 aromatic carbocycles. The summed E-state index contributed by atoms with van der Waals surface area (Å²) in [4.78, 5) is 22.0. The Morgan fingerprint density at radius 1 is 1.00 bits per heavy atom. The maximum absolute atomic E-state index is 11.0. The van der Waals surface area contributed by atoms with E-state index in [2.05, 4.69) is 0 Å². The van der Waals surface area contributed by atoms with Crippen LogP contribution in [-0.2, 0) is 0 Å². The fraction of sp³-hybridized carbons (Fsp3) is 0. The summed E-state index contributed by atoms with van der Waals surface area (Å²) in [7, 11) is 0. The molecule has 0 aromatic heterocycles. The highest BCUT2D eigenvalue weighted by molar-refractivity contribution is 6.04. The molecule has 0 unspecified atom stereocenters. The van der Waals surface area contributed by atoms with Crippen molar-refractivity contribution in [1.29, 1.82) is 0 Å². The average molecular weight is 230 g/mol. The van der Waals surface area contributed by atoms with Gasteiger partial charge in [0.05, 0.1) is 5.56 Å². The lowest BCUT2D eigenvalue weighted by atomic mass is 10.0. The van der Waals surface area contributed by atoms with E-state index >= 15 is 0 Å². The van der Waals surface area contributed by atoms with E-state index in [1.54, 1.807) is 12.1 Å². The van der Waals surface area contributed by atoms with Crippen molar-refractivity contribution in [1.82, 2.24) is 0 Å². The molecule has 0 saturated carbocycles. The predicted octanol–water partition coefficient (Wildman–Crippen LogP) is 0.743. The molecule has 2 aromatic rings. The van der Waals surface area contributed by atoms with E-state index in [1.165, 1.54) is 18.2 Å². The number of phenols is 1. The number of hydrogen-bond donors (Lipinski definition) is 3. The van der Waals surface area contributed by atoms with Crippen LogP contribution < -0.4 is 11.5 Å². The standard InChI is InChI=1S/C12H10N2O3/c13-11(16)7-2-3-8-6(5-7)1-4-9(10(8)15)12(14)17/h1-5,15H,(H2,13,16)(H2,14,17). The van der Waals surface area contributed by atoms with E-state index in [9.17, 15) is 14.7 Å². The monoisotopic (exact) mass is 230 g/mol. The SMILES string of the molecule is NC(=O)c1ccc2c(O)c(C(N)=O)ccc2c1. The van der Waals surface area contributed by atoms with Gasteiger partial charge in [0.2, 0.25) is 5.91 Å². The van der Waals surface area contributed by atoms with Gasteiger partial charge in [0, 0.05) is 10.9 Å². The van der Waals surface area contributed by atoms with Crippen LogP contribution in [0.2, 0.25) is 0 Å². The molecule has 0 fully saturated rings. The first kappa shape index (κ1) is 10.9. The number of aromatic hydroxyl groups is 1. The zero-order valence-corrected chi connectivity index (χ0v) is 8.81. The molecular formula is C12H10N2O3. The number of hydrogen-bond acceptors (Lipinski definition) is 3. The molecule has 0 saturated heterocycles. The van der Waals surface area contributed by atoms with Crippen LogP contribution in [0.4, 0.5) is 0 Å². The summed E-state index contributed by atoms with van der Waals surface area (Å²) in [6, 6.07) is 7.56. The average Bonchev–Trinajstić information content (AvgIpc) is 2.28. The van der Waals surface area contributed by atoms with Gasteiger partial charge in [-0.2, -0.15) is 0 Å². The van der Waals surface area contributed by atoms with Gasteiger partial charge in [-0.15, -0.1) is 0 Å². The third kappa shape index (κ3) is 1.78. The molecule has 0 aliphatic rings. The molecule has 0 aliphatic carbocycles. The largest absolute Gasteiger partial charge is 0.506 e. The first-order valence-electron chi connectivity index (χ1n) is 4.86. The van der Waals surface area contributed by atoms with Crippen LogP contribution in [0.1, 0.15) is 20.7 Å². The molecular weight excluding hydrogens is 220 g/mol. The van der Waals surface area contributed by atoms with Crippen molar-refractivity contribution in [2.24, 2.45) is 11.5 Å². The summed E-state index contributed by atoms with van der Waals surface area (Å²) in [6.07, 6.45) is 0. The minimum atomic E-state index is -0.705. The molecule has 0 radical (unpaired) electrons. The minimum absolute atomic E-state index is 0.0457. The lowest BCUT2D eigenvalue weighted by Gasteiger charge is -2.06. The van der Waals surface area contributed by atoms with Crippen molar-refractivity contribution in [3.8, 4) is 5.75 Å². The Bertz CT molecular complexity index is 635. The molecule has 17 heavy (non-hydrogen) atoms. The van der Waals surface area contributed by atoms with E-state index in [0.717, 1.165) is 0 Å². The lowest BCUT2D eigenvalue weighted by molar-refractivity contribution is 0.0990. The smallest absolute Gasteiger partial charge is 0.252 e. The molecule has 2 rings (SSSR count). The number of nitrogens with two attached hydrogens (primary N) is 2. The van der Waals surface area contributed by atoms with Gasteiger partial charge in [-0.3, -0.25) is 9.59 Å². The van der Waals surface area contributed by atoms with Gasteiger partial charge in [0.25, 0.3) is 5.91 Å². The molecule has 2 amide bonds. The van der Waals surface area contributed by atoms with Crippen molar-refractivity contribution in [3.63, 3.8) is 0 Å². The van der Waals surface area contributed by atoms with E-state index in [1.807, 2.05) is 0 Å². The van der Waals surface area contributed by atoms with Gasteiger partial charge in [-0.1, -0.05) is 6.07 Å². The van der Waals surface area contributed by atoms with Crippen molar-refractivity contribution in [3.05, 3.63) is 41.5 Å². The summed E-state index contributed by atoms with van der Waals surface area (Å²) < 4.78 is 0. The van der Waals surface area contributed by atoms with Gasteiger partial charge >= 0.3 is 0 Å². The number of amides is 2. The number of benzene rings is 2. The summed E-state index contributed by atoms with van der Waals surface area (Å²) in [5.41, 5.74) is 10.6. The van der Waals surface area contributed by atoms with Crippen molar-refractivity contribution >= 4 is 22.6 Å². The summed E-state index contributed by atoms with van der Waals surface area (Å²) in [6.45, 7) is 0. The van der Waals surface area contributed by atoms with Gasteiger partial charge in [-0.05, 0) is 29.7 Å². The number of rotatable bonds is 2. The predicted molar refractivity (Wildman–Crippen MR) is 62.6 cm³/mol. The fourth-order valence-corrected chi connectivity index (χ4v) is 1.67. The number of carbonyl (C=O) groups excluding carboxylic acids is 2. The third-order valence-electron chi connectivity index (χ3n) is 2.54. The van der Waals surface area contributed by atoms with Gasteiger partial charge < -0.3 is 16.6 Å². The summed E-state index contributed by atoms with van der Waals surface area (Å²) in [5, 5.41) is 10.9. The van der Waals surface area contributed by atoms with Crippen LogP contribution in [0.15, 0.2) is 30.3 Å². The minimum Gasteiger partial charge on any atom is -0.506 e. The van der Waals surface area contributed by atoms with Crippen LogP contribution >= 0.6 is 0 Å². The van der Waals surface area contributed by atoms with E-state index in [0.29, 0.717) is 16.3 Å². The number of fused-ring (bicyclic) bond motifs is 1. The van der Waals surface area contributed by atoms with E-state index in [-0.39, 0.29) is 11.3 Å². The molecule has 0 aliphatic heterocycles. The highest BCUT2D eigenvalue weighted by Crippen LogP contribution is 2.29. The van der Waals surface area contributed by atoms with Crippen LogP contribution in [0.3, 0.4) is 0 Å². The number of primary amides is 2. The second kappa shape index (κ2) is 3.79. The zero-order chi connectivity index (χ0) is 12.6. The highest BCUT2D eigenvalue weighted by Gasteiger charge is 2.11. The molecule has 0 heterocycles. The zero-order valence-electron chi connectivity index (χ0n) is 8.81. The molecule has 5 heteroatoms. The molecule has 0 spiro atoms. The van der Waals surface area contributed by atoms with Crippen molar-refractivity contribution in [2.75, 3.05) is 0 Å². The lowest BCUT2D eigenvalue weighted by Crippen LogP contribution is -2.12. The quantitative estimate of drug-likeness (QED) is 0.708. The third-order valence-corrected chi connectivity index (χ3v) is 2.54. The maximum Gasteiger partial charge on any atom is 0.252 e. The molecule has 0 atom stereocenters. The Morgan fingerprint density at radius 3 is 2.29 bits per heavy atom. The molecule has 86 valence electrons. The van der Waals surface area contributed by atoms with Crippen molar-refractivity contribution < 1.29 is 14.7 Å². The van der Waals surface area contributed by atoms with Crippen LogP contribution in [0.5, 0.6) is 5.75 Å². The Balaban J connectivity index is 2.72. The summed E-state index contributed by atoms with van der Waals surface area (Å²) in [5.74, 6) is -1.44.